The molecule has 0 unspecified atom stereocenters. The summed E-state index contributed by atoms with van der Waals surface area (Å²) in [5.74, 6) is 0. The van der Waals surface area contributed by atoms with Crippen LogP contribution in [0.4, 0.5) is 4.79 Å². The lowest BCUT2D eigenvalue weighted by Crippen LogP contribution is -2.45. The number of hydrogen-bond donors (Lipinski definition) is 2. The molecule has 0 spiro atoms. The largest absolute Gasteiger partial charge is 0.445 e. The predicted octanol–water partition coefficient (Wildman–Crippen LogP) is 2.85. The molecule has 0 radical (unpaired) electrons. The van der Waals surface area contributed by atoms with Crippen molar-refractivity contribution in [2.45, 2.75) is 51.9 Å². The molecule has 1 aliphatic carbocycles. The van der Waals surface area contributed by atoms with Crippen LogP contribution in [0.3, 0.4) is 0 Å². The van der Waals surface area contributed by atoms with Crippen molar-refractivity contribution in [2.75, 3.05) is 0 Å². The van der Waals surface area contributed by atoms with Gasteiger partial charge in [0.25, 0.3) is 0 Å². The lowest BCUT2D eigenvalue weighted by Gasteiger charge is -2.38. The molecule has 1 saturated carbocycles. The molecule has 0 heterocycles. The van der Waals surface area contributed by atoms with Gasteiger partial charge in [0.2, 0.25) is 0 Å². The molecule has 1 fully saturated rings. The van der Waals surface area contributed by atoms with Crippen molar-refractivity contribution >= 4 is 6.09 Å². The second-order valence-corrected chi connectivity index (χ2v) is 6.36. The summed E-state index contributed by atoms with van der Waals surface area (Å²) in [7, 11) is 0. The van der Waals surface area contributed by atoms with Crippen molar-refractivity contribution in [2.24, 2.45) is 5.41 Å². The van der Waals surface area contributed by atoms with Crippen molar-refractivity contribution in [3.8, 4) is 0 Å². The summed E-state index contributed by atoms with van der Waals surface area (Å²) in [4.78, 5) is 11.8. The highest BCUT2D eigenvalue weighted by atomic mass is 16.5. The molecule has 0 aromatic heterocycles. The third kappa shape index (κ3) is 4.53. The molecule has 1 aromatic carbocycles. The second-order valence-electron chi connectivity index (χ2n) is 6.36. The number of ether oxygens (including phenoxy) is 1. The van der Waals surface area contributed by atoms with Gasteiger partial charge >= 0.3 is 6.09 Å². The van der Waals surface area contributed by atoms with Crippen LogP contribution in [0, 0.1) is 5.41 Å². The Kier molecular flexibility index (Phi) is 4.65. The van der Waals surface area contributed by atoms with Gasteiger partial charge in [0, 0.05) is 6.04 Å². The number of alkyl carbamates (subject to hydrolysis) is 1. The van der Waals surface area contributed by atoms with Gasteiger partial charge in [0.1, 0.15) is 6.61 Å². The van der Waals surface area contributed by atoms with Gasteiger partial charge in [-0.1, -0.05) is 44.2 Å². The van der Waals surface area contributed by atoms with Crippen LogP contribution in [0.1, 0.15) is 38.7 Å². The molecule has 20 heavy (non-hydrogen) atoms. The molecule has 1 aromatic rings. The molecule has 4 heteroatoms. The van der Waals surface area contributed by atoms with Crippen molar-refractivity contribution in [1.29, 1.82) is 0 Å². The normalized spacial score (nSPS) is 24.9. The Labute approximate surface area is 120 Å². The zero-order valence-electron chi connectivity index (χ0n) is 12.1. The fourth-order valence-corrected chi connectivity index (χ4v) is 2.92. The van der Waals surface area contributed by atoms with Crippen LogP contribution in [-0.2, 0) is 11.3 Å². The third-order valence-corrected chi connectivity index (χ3v) is 3.68. The monoisotopic (exact) mass is 277 g/mol. The minimum absolute atomic E-state index is 0.0166. The highest BCUT2D eigenvalue weighted by molar-refractivity contribution is 5.67. The first kappa shape index (κ1) is 14.9. The molecular weight excluding hydrogens is 254 g/mol. The number of aliphatic hydroxyl groups excluding tert-OH is 1. The quantitative estimate of drug-likeness (QED) is 0.893. The van der Waals surface area contributed by atoms with E-state index in [4.69, 9.17) is 4.74 Å². The number of carbonyl (C=O) groups excluding carboxylic acids is 1. The van der Waals surface area contributed by atoms with E-state index in [1.165, 1.54) is 0 Å². The molecule has 2 atom stereocenters. The molecule has 1 aliphatic rings. The number of nitrogens with one attached hydrogen (secondary N) is 1. The summed E-state index contributed by atoms with van der Waals surface area (Å²) >= 11 is 0. The molecular formula is C16H23NO3. The van der Waals surface area contributed by atoms with E-state index in [9.17, 15) is 9.90 Å². The van der Waals surface area contributed by atoms with Gasteiger partial charge < -0.3 is 15.2 Å². The van der Waals surface area contributed by atoms with Crippen molar-refractivity contribution in [3.63, 3.8) is 0 Å². The van der Waals surface area contributed by atoms with Gasteiger partial charge in [0.05, 0.1) is 6.10 Å². The number of benzene rings is 1. The first-order chi connectivity index (χ1) is 9.44. The zero-order valence-corrected chi connectivity index (χ0v) is 12.1. The van der Waals surface area contributed by atoms with Gasteiger partial charge in [-0.25, -0.2) is 4.79 Å². The van der Waals surface area contributed by atoms with Crippen molar-refractivity contribution in [1.82, 2.24) is 5.32 Å². The number of hydrogen-bond acceptors (Lipinski definition) is 3. The average Bonchev–Trinajstić information content (AvgIpc) is 2.35. The van der Waals surface area contributed by atoms with Gasteiger partial charge in [0.15, 0.2) is 0 Å². The molecule has 4 nitrogen and oxygen atoms in total. The molecule has 0 bridgehead atoms. The summed E-state index contributed by atoms with van der Waals surface area (Å²) in [5.41, 5.74) is 1.02. The van der Waals surface area contributed by atoms with Crippen LogP contribution in [0.5, 0.6) is 0 Å². The van der Waals surface area contributed by atoms with E-state index in [1.807, 2.05) is 30.3 Å². The maximum Gasteiger partial charge on any atom is 0.407 e. The summed E-state index contributed by atoms with van der Waals surface area (Å²) in [6, 6.07) is 9.57. The number of amides is 1. The smallest absolute Gasteiger partial charge is 0.407 e. The van der Waals surface area contributed by atoms with E-state index in [-0.39, 0.29) is 24.2 Å². The molecule has 1 amide bonds. The molecule has 110 valence electrons. The average molecular weight is 277 g/mol. The van der Waals surface area contributed by atoms with E-state index in [1.54, 1.807) is 0 Å². The zero-order chi connectivity index (χ0) is 14.6. The standard InChI is InChI=1S/C16H23NO3/c1-16(2)9-13(8-14(18)10-16)17-15(19)20-11-12-6-4-3-5-7-12/h3-7,13-14,18H,8-11H2,1-2H3,(H,17,19)/t13-,14+/m1/s1. The van der Waals surface area contributed by atoms with Crippen LogP contribution < -0.4 is 5.32 Å². The number of aliphatic hydroxyl groups is 1. The summed E-state index contributed by atoms with van der Waals surface area (Å²) < 4.78 is 5.20. The first-order valence-electron chi connectivity index (χ1n) is 7.10. The fraction of sp³-hybridized carbons (Fsp3) is 0.562. The van der Waals surface area contributed by atoms with Gasteiger partial charge in [-0.2, -0.15) is 0 Å². The van der Waals surface area contributed by atoms with Crippen LogP contribution in [0.2, 0.25) is 0 Å². The van der Waals surface area contributed by atoms with E-state index in [0.29, 0.717) is 6.42 Å². The molecule has 2 N–H and O–H groups in total. The Morgan fingerprint density at radius 2 is 2.05 bits per heavy atom. The van der Waals surface area contributed by atoms with Gasteiger partial charge in [-0.15, -0.1) is 0 Å². The van der Waals surface area contributed by atoms with Gasteiger partial charge in [-0.05, 0) is 30.2 Å². The maximum atomic E-state index is 11.8. The van der Waals surface area contributed by atoms with Crippen LogP contribution >= 0.6 is 0 Å². The van der Waals surface area contributed by atoms with E-state index < -0.39 is 6.09 Å². The Balaban J connectivity index is 1.79. The summed E-state index contributed by atoms with van der Waals surface area (Å²) in [6.07, 6.45) is 1.49. The molecule has 0 saturated heterocycles. The lowest BCUT2D eigenvalue weighted by atomic mass is 9.74. The number of rotatable bonds is 3. The maximum absolute atomic E-state index is 11.8. The summed E-state index contributed by atoms with van der Waals surface area (Å²) in [6.45, 7) is 4.49. The second kappa shape index (κ2) is 6.27. The SMILES string of the molecule is CC1(C)C[C@@H](O)C[C@@H](NC(=O)OCc2ccccc2)C1. The third-order valence-electron chi connectivity index (χ3n) is 3.68. The van der Waals surface area contributed by atoms with E-state index in [0.717, 1.165) is 18.4 Å². The topological polar surface area (TPSA) is 58.6 Å². The van der Waals surface area contributed by atoms with Crippen LogP contribution in [0.15, 0.2) is 30.3 Å². The molecule has 0 aliphatic heterocycles. The van der Waals surface area contributed by atoms with Crippen molar-refractivity contribution in [3.05, 3.63) is 35.9 Å². The first-order valence-corrected chi connectivity index (χ1v) is 7.10. The van der Waals surface area contributed by atoms with E-state index in [2.05, 4.69) is 19.2 Å². The highest BCUT2D eigenvalue weighted by Gasteiger charge is 2.33. The van der Waals surface area contributed by atoms with Gasteiger partial charge in [-0.3, -0.25) is 0 Å². The summed E-state index contributed by atoms with van der Waals surface area (Å²) in [5, 5.41) is 12.7. The highest BCUT2D eigenvalue weighted by Crippen LogP contribution is 2.35. The van der Waals surface area contributed by atoms with Crippen LogP contribution in [-0.4, -0.2) is 23.3 Å². The Hall–Kier alpha value is -1.55. The Morgan fingerprint density at radius 3 is 2.70 bits per heavy atom. The predicted molar refractivity (Wildman–Crippen MR) is 77.2 cm³/mol. The Bertz CT molecular complexity index is 444. The molecule has 2 rings (SSSR count). The fourth-order valence-electron chi connectivity index (χ4n) is 2.92. The minimum Gasteiger partial charge on any atom is -0.445 e. The minimum atomic E-state index is -0.413. The Morgan fingerprint density at radius 1 is 1.35 bits per heavy atom. The van der Waals surface area contributed by atoms with Crippen LogP contribution in [0.25, 0.3) is 0 Å². The van der Waals surface area contributed by atoms with E-state index >= 15 is 0 Å². The van der Waals surface area contributed by atoms with Crippen molar-refractivity contribution < 1.29 is 14.6 Å². The number of carbonyl (C=O) groups is 1. The lowest BCUT2D eigenvalue weighted by molar-refractivity contribution is 0.0444.